The van der Waals surface area contributed by atoms with E-state index in [4.69, 9.17) is 11.6 Å². The second-order valence-electron chi connectivity index (χ2n) is 4.37. The van der Waals surface area contributed by atoms with Gasteiger partial charge in [0.15, 0.2) is 0 Å². The van der Waals surface area contributed by atoms with Crippen molar-refractivity contribution in [3.8, 4) is 33.9 Å². The molecule has 1 heterocycles. The topological polar surface area (TPSA) is 69.1 Å². The van der Waals surface area contributed by atoms with Crippen LogP contribution in [0.1, 0.15) is 1.43 Å². The van der Waals surface area contributed by atoms with Crippen molar-refractivity contribution in [2.45, 2.75) is 0 Å². The van der Waals surface area contributed by atoms with Crippen molar-refractivity contribution in [1.29, 1.82) is 0 Å². The zero-order valence-corrected chi connectivity index (χ0v) is 11.1. The Morgan fingerprint density at radius 3 is 2.45 bits per heavy atom. The molecule has 4 nitrogen and oxygen atoms in total. The van der Waals surface area contributed by atoms with E-state index in [9.17, 15) is 10.2 Å². The third-order valence-electron chi connectivity index (χ3n) is 3.05. The third kappa shape index (κ3) is 2.21. The lowest BCUT2D eigenvalue weighted by molar-refractivity contribution is 0.452. The number of aromatic hydroxyl groups is 2. The molecule has 2 aromatic carbocycles. The van der Waals surface area contributed by atoms with Crippen LogP contribution in [0.4, 0.5) is 0 Å². The maximum absolute atomic E-state index is 9.95. The van der Waals surface area contributed by atoms with Gasteiger partial charge in [-0.05, 0) is 29.8 Å². The highest BCUT2D eigenvalue weighted by Gasteiger charge is 2.13. The molecule has 0 radical (unpaired) electrons. The average molecular weight is 289 g/mol. The van der Waals surface area contributed by atoms with Gasteiger partial charge in [-0.3, -0.25) is 5.10 Å². The summed E-state index contributed by atoms with van der Waals surface area (Å²) in [7, 11) is 0. The van der Waals surface area contributed by atoms with Crippen molar-refractivity contribution in [3.05, 3.63) is 53.7 Å². The van der Waals surface area contributed by atoms with Crippen molar-refractivity contribution in [1.82, 2.24) is 10.2 Å². The summed E-state index contributed by atoms with van der Waals surface area (Å²) >= 11 is 5.88. The molecule has 0 aliphatic heterocycles. The Kier molecular flexibility index (Phi) is 3.08. The molecule has 0 saturated heterocycles. The van der Waals surface area contributed by atoms with E-state index in [2.05, 4.69) is 10.2 Å². The van der Waals surface area contributed by atoms with E-state index >= 15 is 0 Å². The van der Waals surface area contributed by atoms with Crippen LogP contribution in [0.15, 0.2) is 48.7 Å². The van der Waals surface area contributed by atoms with Crippen LogP contribution in [0.25, 0.3) is 22.4 Å². The quantitative estimate of drug-likeness (QED) is 0.666. The highest BCUT2D eigenvalue weighted by atomic mass is 35.5. The summed E-state index contributed by atoms with van der Waals surface area (Å²) in [5.74, 6) is 0.00303. The lowest BCUT2D eigenvalue weighted by atomic mass is 10.0. The number of aromatic nitrogens is 2. The van der Waals surface area contributed by atoms with Gasteiger partial charge in [-0.2, -0.15) is 5.10 Å². The molecule has 0 spiro atoms. The third-order valence-corrected chi connectivity index (χ3v) is 3.30. The van der Waals surface area contributed by atoms with E-state index in [1.165, 1.54) is 12.1 Å². The summed E-state index contributed by atoms with van der Waals surface area (Å²) in [6, 6.07) is 11.8. The zero-order chi connectivity index (χ0) is 14.1. The number of phenolic OH excluding ortho intramolecular Hbond substituents is 2. The largest absolute Gasteiger partial charge is 0.508 e. The van der Waals surface area contributed by atoms with Crippen molar-refractivity contribution in [2.75, 3.05) is 0 Å². The van der Waals surface area contributed by atoms with E-state index in [-0.39, 0.29) is 12.9 Å². The smallest absolute Gasteiger partial charge is 0.128 e. The van der Waals surface area contributed by atoms with Gasteiger partial charge in [-0.1, -0.05) is 23.7 Å². The molecular weight excluding hydrogens is 276 g/mol. The lowest BCUT2D eigenvalue weighted by Crippen LogP contribution is -1.84. The van der Waals surface area contributed by atoms with Crippen molar-refractivity contribution in [3.63, 3.8) is 0 Å². The number of rotatable bonds is 2. The Hall–Kier alpha value is -2.46. The molecule has 1 aromatic heterocycles. The molecule has 20 heavy (non-hydrogen) atoms. The van der Waals surface area contributed by atoms with Gasteiger partial charge < -0.3 is 10.2 Å². The van der Waals surface area contributed by atoms with Gasteiger partial charge in [0, 0.05) is 23.6 Å². The number of aromatic amines is 1. The van der Waals surface area contributed by atoms with Crippen molar-refractivity contribution in [2.24, 2.45) is 0 Å². The Labute approximate surface area is 121 Å². The van der Waals surface area contributed by atoms with E-state index < -0.39 is 0 Å². The van der Waals surface area contributed by atoms with E-state index in [1.54, 1.807) is 24.4 Å². The van der Waals surface area contributed by atoms with Gasteiger partial charge in [-0.25, -0.2) is 0 Å². The minimum atomic E-state index is -0.00976. The molecule has 102 valence electrons. The van der Waals surface area contributed by atoms with Crippen LogP contribution in [0.5, 0.6) is 11.5 Å². The molecule has 0 saturated carbocycles. The maximum atomic E-state index is 9.95. The Balaban J connectivity index is 0.00000161. The van der Waals surface area contributed by atoms with Gasteiger partial charge >= 0.3 is 0 Å². The Morgan fingerprint density at radius 1 is 1.00 bits per heavy atom. The van der Waals surface area contributed by atoms with Gasteiger partial charge in [0.1, 0.15) is 11.5 Å². The lowest BCUT2D eigenvalue weighted by Gasteiger charge is -2.06. The molecule has 0 unspecified atom stereocenters. The van der Waals surface area contributed by atoms with Crippen LogP contribution >= 0.6 is 11.6 Å². The van der Waals surface area contributed by atoms with Crippen molar-refractivity contribution < 1.29 is 11.6 Å². The number of benzene rings is 2. The van der Waals surface area contributed by atoms with Crippen LogP contribution in [0.3, 0.4) is 0 Å². The number of nitrogens with one attached hydrogen (secondary N) is 1. The first-order chi connectivity index (χ1) is 9.65. The molecule has 0 bridgehead atoms. The molecule has 3 rings (SSSR count). The normalized spacial score (nSPS) is 10.7. The maximum Gasteiger partial charge on any atom is 0.128 e. The molecule has 0 aliphatic rings. The molecule has 0 fully saturated rings. The van der Waals surface area contributed by atoms with Crippen LogP contribution in [0.2, 0.25) is 5.02 Å². The summed E-state index contributed by atoms with van der Waals surface area (Å²) in [4.78, 5) is 0. The highest BCUT2D eigenvalue weighted by Crippen LogP contribution is 2.36. The minimum Gasteiger partial charge on any atom is -0.508 e. The summed E-state index contributed by atoms with van der Waals surface area (Å²) in [6.45, 7) is 0. The molecule has 0 aliphatic carbocycles. The molecule has 3 N–H and O–H groups in total. The molecule has 3 aromatic rings. The fraction of sp³-hybridized carbons (Fsp3) is 0. The minimum absolute atomic E-state index is 0. The Bertz CT molecular complexity index is 757. The summed E-state index contributed by atoms with van der Waals surface area (Å²) in [6.07, 6.45) is 1.69. The highest BCUT2D eigenvalue weighted by molar-refractivity contribution is 6.30. The number of phenols is 2. The SMILES string of the molecule is Oc1ccc(-c2[nH]ncc2-c2ccc(Cl)cc2)c(O)c1.[HH]. The molecule has 0 amide bonds. The van der Waals surface area contributed by atoms with E-state index in [0.29, 0.717) is 16.3 Å². The van der Waals surface area contributed by atoms with Crippen LogP contribution < -0.4 is 0 Å². The van der Waals surface area contributed by atoms with E-state index in [1.807, 2.05) is 12.1 Å². The summed E-state index contributed by atoms with van der Waals surface area (Å²) in [5.41, 5.74) is 3.04. The Morgan fingerprint density at radius 2 is 1.75 bits per heavy atom. The van der Waals surface area contributed by atoms with Crippen molar-refractivity contribution >= 4 is 11.6 Å². The number of nitrogens with zero attached hydrogens (tertiary/aromatic N) is 1. The van der Waals surface area contributed by atoms with Gasteiger partial charge in [-0.15, -0.1) is 0 Å². The number of hydrogen-bond donors (Lipinski definition) is 3. The van der Waals surface area contributed by atoms with Crippen LogP contribution in [-0.2, 0) is 0 Å². The second kappa shape index (κ2) is 4.90. The number of H-pyrrole nitrogens is 1. The first-order valence-electron chi connectivity index (χ1n) is 5.97. The van der Waals surface area contributed by atoms with Crippen LogP contribution in [-0.4, -0.2) is 20.4 Å². The van der Waals surface area contributed by atoms with Gasteiger partial charge in [0.2, 0.25) is 0 Å². The number of halogens is 1. The zero-order valence-electron chi connectivity index (χ0n) is 10.3. The fourth-order valence-corrected chi connectivity index (χ4v) is 2.20. The monoisotopic (exact) mass is 288 g/mol. The predicted octanol–water partition coefficient (Wildman–Crippen LogP) is 4.05. The van der Waals surface area contributed by atoms with E-state index in [0.717, 1.165) is 11.1 Å². The summed E-state index contributed by atoms with van der Waals surface area (Å²) < 4.78 is 0. The molecule has 0 atom stereocenters. The molecule has 5 heteroatoms. The standard InChI is InChI=1S/C15H11ClN2O2.H2/c16-10-3-1-9(2-4-10)13-8-17-18-15(13)12-6-5-11(19)7-14(12)20;/h1-8,19-20H,(H,17,18);1H. The second-order valence-corrected chi connectivity index (χ2v) is 4.80. The van der Waals surface area contributed by atoms with Gasteiger partial charge in [0.25, 0.3) is 0 Å². The molecular formula is C15H13ClN2O2. The first kappa shape index (κ1) is 12.6. The van der Waals surface area contributed by atoms with Crippen LogP contribution in [0, 0.1) is 0 Å². The first-order valence-corrected chi connectivity index (χ1v) is 6.34. The predicted molar refractivity (Wildman–Crippen MR) is 79.9 cm³/mol. The average Bonchev–Trinajstić information content (AvgIpc) is 2.88. The number of hydrogen-bond acceptors (Lipinski definition) is 3. The summed E-state index contributed by atoms with van der Waals surface area (Å²) in [5, 5.41) is 26.9. The van der Waals surface area contributed by atoms with Gasteiger partial charge in [0.05, 0.1) is 11.9 Å². The fourth-order valence-electron chi connectivity index (χ4n) is 2.07.